The Balaban J connectivity index is 1.55. The van der Waals surface area contributed by atoms with E-state index in [1.165, 1.54) is 4.90 Å². The van der Waals surface area contributed by atoms with Crippen molar-refractivity contribution in [2.24, 2.45) is 29.1 Å². The maximum absolute atomic E-state index is 13.2. The number of allylic oxidation sites excluding steroid dienone is 2. The molecule has 1 aromatic rings. The number of esters is 1. The minimum Gasteiger partial charge on any atom is -0.462 e. The third-order valence-electron chi connectivity index (χ3n) is 6.49. The number of ether oxygens (including phenoxy) is 1. The van der Waals surface area contributed by atoms with Crippen LogP contribution in [0.4, 0.5) is 5.69 Å². The largest absolute Gasteiger partial charge is 0.462 e. The van der Waals surface area contributed by atoms with Crippen molar-refractivity contribution in [1.29, 1.82) is 0 Å². The SMILES string of the molecule is CCOC(=O)c1ccccc1N1C(=O)[C@@H]2[C@@H](C1=O)[C@@H]1C=C[C@H]2C12CC2. The van der Waals surface area contributed by atoms with E-state index in [0.717, 1.165) is 12.8 Å². The van der Waals surface area contributed by atoms with Gasteiger partial charge < -0.3 is 4.74 Å². The molecule has 0 unspecified atom stereocenters. The van der Waals surface area contributed by atoms with Gasteiger partial charge in [0.15, 0.2) is 0 Å². The van der Waals surface area contributed by atoms with Crippen LogP contribution in [0.1, 0.15) is 30.1 Å². The van der Waals surface area contributed by atoms with Crippen LogP contribution in [0.3, 0.4) is 0 Å². The molecule has 1 aromatic carbocycles. The van der Waals surface area contributed by atoms with Gasteiger partial charge in [0.2, 0.25) is 11.8 Å². The maximum atomic E-state index is 13.2. The number of fused-ring (bicyclic) bond motifs is 3. The number of anilines is 1. The van der Waals surface area contributed by atoms with Gasteiger partial charge in [0, 0.05) is 0 Å². The third kappa shape index (κ3) is 1.71. The highest BCUT2D eigenvalue weighted by atomic mass is 16.5. The zero-order chi connectivity index (χ0) is 17.3. The molecule has 25 heavy (non-hydrogen) atoms. The molecule has 0 N–H and O–H groups in total. The Bertz CT molecular complexity index is 804. The summed E-state index contributed by atoms with van der Waals surface area (Å²) in [5.74, 6) is -0.988. The molecule has 4 aliphatic rings. The van der Waals surface area contributed by atoms with Crippen molar-refractivity contribution in [3.63, 3.8) is 0 Å². The molecule has 2 amide bonds. The van der Waals surface area contributed by atoms with Gasteiger partial charge in [-0.05, 0) is 49.1 Å². The van der Waals surface area contributed by atoms with E-state index >= 15 is 0 Å². The summed E-state index contributed by atoms with van der Waals surface area (Å²) >= 11 is 0. The third-order valence-corrected chi connectivity index (χ3v) is 6.49. The first-order valence-corrected chi connectivity index (χ1v) is 8.92. The summed E-state index contributed by atoms with van der Waals surface area (Å²) in [5, 5.41) is 0. The quantitative estimate of drug-likeness (QED) is 0.483. The van der Waals surface area contributed by atoms with Gasteiger partial charge in [-0.1, -0.05) is 24.3 Å². The van der Waals surface area contributed by atoms with Crippen LogP contribution in [0.5, 0.6) is 0 Å². The molecule has 5 nitrogen and oxygen atoms in total. The van der Waals surface area contributed by atoms with Crippen molar-refractivity contribution >= 4 is 23.5 Å². The Morgan fingerprint density at radius 1 is 1.12 bits per heavy atom. The predicted molar refractivity (Wildman–Crippen MR) is 89.7 cm³/mol. The molecular weight excluding hydrogens is 318 g/mol. The number of imide groups is 1. The highest BCUT2D eigenvalue weighted by Crippen LogP contribution is 2.73. The lowest BCUT2D eigenvalue weighted by atomic mass is 9.85. The Morgan fingerprint density at radius 2 is 1.72 bits per heavy atom. The fourth-order valence-corrected chi connectivity index (χ4v) is 5.37. The molecule has 1 heterocycles. The molecule has 4 atom stereocenters. The summed E-state index contributed by atoms with van der Waals surface area (Å²) in [5.41, 5.74) is 0.801. The second-order valence-corrected chi connectivity index (χ2v) is 7.47. The topological polar surface area (TPSA) is 63.7 Å². The Morgan fingerprint density at radius 3 is 2.28 bits per heavy atom. The van der Waals surface area contributed by atoms with Crippen molar-refractivity contribution < 1.29 is 19.1 Å². The van der Waals surface area contributed by atoms with Crippen molar-refractivity contribution in [2.75, 3.05) is 11.5 Å². The molecule has 2 saturated carbocycles. The normalized spacial score (nSPS) is 33.2. The molecule has 1 saturated heterocycles. The summed E-state index contributed by atoms with van der Waals surface area (Å²) in [6, 6.07) is 6.72. The minimum atomic E-state index is -0.504. The molecule has 0 radical (unpaired) electrons. The highest BCUT2D eigenvalue weighted by molar-refractivity contribution is 6.24. The van der Waals surface area contributed by atoms with E-state index in [0.29, 0.717) is 5.69 Å². The van der Waals surface area contributed by atoms with Gasteiger partial charge in [0.1, 0.15) is 0 Å². The first kappa shape index (κ1) is 14.9. The summed E-state index contributed by atoms with van der Waals surface area (Å²) in [7, 11) is 0. The Hall–Kier alpha value is -2.43. The fourth-order valence-electron chi connectivity index (χ4n) is 5.37. The number of amides is 2. The molecule has 1 aliphatic heterocycles. The molecule has 3 fully saturated rings. The molecular formula is C20H19NO4. The number of para-hydroxylation sites is 1. The van der Waals surface area contributed by atoms with Crippen LogP contribution in [0.2, 0.25) is 0 Å². The van der Waals surface area contributed by atoms with Crippen molar-refractivity contribution in [2.45, 2.75) is 19.8 Å². The smallest absolute Gasteiger partial charge is 0.340 e. The van der Waals surface area contributed by atoms with E-state index in [-0.39, 0.29) is 53.1 Å². The Labute approximate surface area is 145 Å². The number of rotatable bonds is 3. The molecule has 2 bridgehead atoms. The molecule has 3 aliphatic carbocycles. The van der Waals surface area contributed by atoms with Gasteiger partial charge in [0.05, 0.1) is 29.7 Å². The van der Waals surface area contributed by atoms with Crippen LogP contribution in [0.15, 0.2) is 36.4 Å². The van der Waals surface area contributed by atoms with Gasteiger partial charge in [-0.2, -0.15) is 0 Å². The average Bonchev–Trinajstić information content (AvgIpc) is 3.20. The first-order valence-electron chi connectivity index (χ1n) is 8.92. The monoisotopic (exact) mass is 337 g/mol. The van der Waals surface area contributed by atoms with E-state index in [9.17, 15) is 14.4 Å². The van der Waals surface area contributed by atoms with E-state index in [1.807, 2.05) is 0 Å². The van der Waals surface area contributed by atoms with Crippen LogP contribution in [-0.4, -0.2) is 24.4 Å². The highest BCUT2D eigenvalue weighted by Gasteiger charge is 2.73. The molecule has 128 valence electrons. The number of hydrogen-bond donors (Lipinski definition) is 0. The summed E-state index contributed by atoms with van der Waals surface area (Å²) in [4.78, 5) is 39.8. The zero-order valence-corrected chi connectivity index (χ0v) is 14.0. The van der Waals surface area contributed by atoms with Gasteiger partial charge in [-0.3, -0.25) is 9.59 Å². The fraction of sp³-hybridized carbons (Fsp3) is 0.450. The van der Waals surface area contributed by atoms with E-state index < -0.39 is 5.97 Å². The van der Waals surface area contributed by atoms with Gasteiger partial charge >= 0.3 is 5.97 Å². The average molecular weight is 337 g/mol. The second-order valence-electron chi connectivity index (χ2n) is 7.47. The van der Waals surface area contributed by atoms with Crippen LogP contribution in [-0.2, 0) is 14.3 Å². The van der Waals surface area contributed by atoms with Crippen molar-refractivity contribution in [1.82, 2.24) is 0 Å². The van der Waals surface area contributed by atoms with Crippen LogP contribution >= 0.6 is 0 Å². The lowest BCUT2D eigenvalue weighted by molar-refractivity contribution is -0.123. The standard InChI is InChI=1S/C20H19NO4/c1-2-25-19(24)11-5-3-4-6-14(11)21-17(22)15-12-7-8-13(16(15)18(21)23)20(12)9-10-20/h3-8,12-13,15-16H,2,9-10H2,1H3/t12-,13+,15-,16-/m0/s1. The number of nitrogens with zero attached hydrogens (tertiary/aromatic N) is 1. The second kappa shape index (κ2) is 4.81. The lowest BCUT2D eigenvalue weighted by Gasteiger charge is -2.23. The van der Waals surface area contributed by atoms with Crippen molar-refractivity contribution in [3.8, 4) is 0 Å². The molecule has 0 aromatic heterocycles. The van der Waals surface area contributed by atoms with Gasteiger partial charge in [-0.25, -0.2) is 9.69 Å². The molecule has 1 spiro atoms. The lowest BCUT2D eigenvalue weighted by Crippen LogP contribution is -2.35. The maximum Gasteiger partial charge on any atom is 0.340 e. The molecule has 5 rings (SSSR count). The number of hydrogen-bond acceptors (Lipinski definition) is 4. The van der Waals surface area contributed by atoms with Crippen LogP contribution < -0.4 is 4.90 Å². The number of carbonyl (C=O) groups excluding carboxylic acids is 3. The minimum absolute atomic E-state index is 0.158. The predicted octanol–water partition coefficient (Wildman–Crippen LogP) is 2.56. The van der Waals surface area contributed by atoms with Crippen LogP contribution in [0.25, 0.3) is 0 Å². The van der Waals surface area contributed by atoms with E-state index in [1.54, 1.807) is 31.2 Å². The first-order chi connectivity index (χ1) is 12.1. The number of benzene rings is 1. The summed E-state index contributed by atoms with van der Waals surface area (Å²) in [6.45, 7) is 1.98. The van der Waals surface area contributed by atoms with Gasteiger partial charge in [-0.15, -0.1) is 0 Å². The Kier molecular flexibility index (Phi) is 2.86. The van der Waals surface area contributed by atoms with Crippen LogP contribution in [0, 0.1) is 29.1 Å². The molecule has 5 heteroatoms. The summed E-state index contributed by atoms with van der Waals surface area (Å²) in [6.07, 6.45) is 6.51. The van der Waals surface area contributed by atoms with E-state index in [2.05, 4.69) is 12.2 Å². The number of carbonyl (C=O) groups is 3. The van der Waals surface area contributed by atoms with E-state index in [4.69, 9.17) is 4.74 Å². The summed E-state index contributed by atoms with van der Waals surface area (Å²) < 4.78 is 5.09. The zero-order valence-electron chi connectivity index (χ0n) is 14.0. The van der Waals surface area contributed by atoms with Crippen molar-refractivity contribution in [3.05, 3.63) is 42.0 Å². The van der Waals surface area contributed by atoms with Gasteiger partial charge in [0.25, 0.3) is 0 Å².